The molecule has 90 valence electrons. The van der Waals surface area contributed by atoms with E-state index in [4.69, 9.17) is 0 Å². The van der Waals surface area contributed by atoms with Crippen LogP contribution in [0.4, 0.5) is 0 Å². The third-order valence-electron chi connectivity index (χ3n) is 0.847. The Morgan fingerprint density at radius 2 is 1.71 bits per heavy atom. The van der Waals surface area contributed by atoms with Crippen molar-refractivity contribution in [2.75, 3.05) is 19.8 Å². The zero-order valence-electron chi connectivity index (χ0n) is 8.62. The van der Waals surface area contributed by atoms with Crippen LogP contribution >= 0.6 is 7.82 Å². The lowest BCUT2D eigenvalue weighted by Gasteiger charge is -2.21. The minimum Gasteiger partial charge on any atom is -0.756 e. The molecule has 0 aromatic carbocycles. The van der Waals surface area contributed by atoms with Gasteiger partial charge in [-0.05, 0) is 6.42 Å². The molecule has 3 N–H and O–H groups in total. The Kier molecular flexibility index (Phi) is 18.3. The summed E-state index contributed by atoms with van der Waals surface area (Å²) in [5.41, 5.74) is 3.43. The van der Waals surface area contributed by atoms with Crippen LogP contribution in [0.3, 0.4) is 0 Å². The first-order chi connectivity index (χ1) is 6.12. The molecule has 0 rings (SSSR count). The van der Waals surface area contributed by atoms with Gasteiger partial charge in [0, 0.05) is 0 Å². The van der Waals surface area contributed by atoms with E-state index in [2.05, 4.69) is 14.8 Å². The molecule has 0 radical (unpaired) electrons. The maximum absolute atomic E-state index is 10.7. The molecule has 0 aliphatic carbocycles. The first kappa shape index (κ1) is 19.6. The molecule has 0 heterocycles. The highest BCUT2D eigenvalue weighted by Crippen LogP contribution is 2.37. The maximum atomic E-state index is 10.7. The molecule has 0 fully saturated rings. The third kappa shape index (κ3) is 14.6. The fourth-order valence-electron chi connectivity index (χ4n) is 0.417. The first-order valence-electron chi connectivity index (χ1n) is 4.51. The van der Waals surface area contributed by atoms with Gasteiger partial charge in [-0.3, -0.25) is 4.57 Å². The van der Waals surface area contributed by atoms with Gasteiger partial charge in [0.15, 0.2) is 0 Å². The molecule has 0 spiro atoms. The molecule has 0 amide bonds. The average Bonchev–Trinajstić information content (AvgIpc) is 2.15. The van der Waals surface area contributed by atoms with E-state index in [1.54, 1.807) is 0 Å². The van der Waals surface area contributed by atoms with E-state index >= 15 is 0 Å². The summed E-state index contributed by atoms with van der Waals surface area (Å²) in [4.78, 5) is 10.7. The monoisotopic (exact) mass is 229 g/mol. The molecule has 1 unspecified atom stereocenters. The molecule has 0 aromatic rings. The van der Waals surface area contributed by atoms with Crippen LogP contribution in [-0.2, 0) is 13.6 Å². The quantitative estimate of drug-likeness (QED) is 0.682. The van der Waals surface area contributed by atoms with Crippen LogP contribution in [0.25, 0.3) is 0 Å². The summed E-state index contributed by atoms with van der Waals surface area (Å²) in [6.45, 7) is 6.51. The highest BCUT2D eigenvalue weighted by Gasteiger charge is 2.07. The Hall–Kier alpha value is 0.0700. The predicted molar refractivity (Wildman–Crippen MR) is 55.6 cm³/mol. The van der Waals surface area contributed by atoms with E-state index in [-0.39, 0.29) is 20.6 Å². The number of rotatable bonds is 6. The Morgan fingerprint density at radius 3 is 2.07 bits per heavy atom. The molecule has 5 nitrogen and oxygen atoms in total. The molecule has 0 aliphatic rings. The van der Waals surface area contributed by atoms with Crippen molar-refractivity contribution >= 4 is 7.82 Å². The summed E-state index contributed by atoms with van der Waals surface area (Å²) in [7, 11) is -4.02. The molecule has 6 heteroatoms. The second kappa shape index (κ2) is 13.1. The van der Waals surface area contributed by atoms with Crippen LogP contribution in [0.1, 0.15) is 34.6 Å². The van der Waals surface area contributed by atoms with Crippen molar-refractivity contribution in [1.29, 1.82) is 0 Å². The number of phosphoric ester groups is 1. The van der Waals surface area contributed by atoms with E-state index < -0.39 is 7.82 Å². The molecule has 0 saturated carbocycles. The number of hydrogen-bond acceptors (Lipinski definition) is 4. The minimum atomic E-state index is -4.02. The maximum Gasteiger partial charge on any atom is 0.268 e. The lowest BCUT2D eigenvalue weighted by molar-refractivity contribution is -0.373. The summed E-state index contributed by atoms with van der Waals surface area (Å²) in [5, 5.41) is 0. The van der Waals surface area contributed by atoms with Crippen LogP contribution in [0.15, 0.2) is 0 Å². The van der Waals surface area contributed by atoms with Crippen LogP contribution < -0.4 is 10.6 Å². The second-order valence-corrected chi connectivity index (χ2v) is 3.38. The van der Waals surface area contributed by atoms with E-state index in [0.29, 0.717) is 13.0 Å². The zero-order valence-corrected chi connectivity index (χ0v) is 9.51. The van der Waals surface area contributed by atoms with Gasteiger partial charge < -0.3 is 19.7 Å². The fourth-order valence-corrected chi connectivity index (χ4v) is 1.25. The highest BCUT2D eigenvalue weighted by molar-refractivity contribution is 7.45. The van der Waals surface area contributed by atoms with Crippen molar-refractivity contribution < 1.29 is 24.2 Å². The Bertz CT molecular complexity index is 131. The van der Waals surface area contributed by atoms with Crippen molar-refractivity contribution in [3.05, 3.63) is 0 Å². The fraction of sp³-hybridized carbons (Fsp3) is 1.00. The van der Waals surface area contributed by atoms with Gasteiger partial charge in [-0.1, -0.05) is 28.2 Å². The van der Waals surface area contributed by atoms with Gasteiger partial charge in [0.05, 0.1) is 13.2 Å². The van der Waals surface area contributed by atoms with E-state index in [1.807, 2.05) is 20.8 Å². The Balaban J connectivity index is -0.000000376. The SMILES string of the molecule is C.CC.CCCOP(=O)([O-])OCC[NH3+]. The summed E-state index contributed by atoms with van der Waals surface area (Å²) in [6.07, 6.45) is 0.653. The third-order valence-corrected chi connectivity index (χ3v) is 1.84. The average molecular weight is 229 g/mol. The molecule has 1 atom stereocenters. The van der Waals surface area contributed by atoms with Gasteiger partial charge >= 0.3 is 0 Å². The molecule has 0 aromatic heterocycles. The van der Waals surface area contributed by atoms with Crippen molar-refractivity contribution in [2.45, 2.75) is 34.6 Å². The summed E-state index contributed by atoms with van der Waals surface area (Å²) >= 11 is 0. The summed E-state index contributed by atoms with van der Waals surface area (Å²) in [5.74, 6) is 0. The first-order valence-corrected chi connectivity index (χ1v) is 5.98. The number of quaternary nitrogens is 1. The van der Waals surface area contributed by atoms with Gasteiger partial charge in [0.2, 0.25) is 0 Å². The van der Waals surface area contributed by atoms with E-state index in [9.17, 15) is 9.46 Å². The van der Waals surface area contributed by atoms with Crippen LogP contribution in [-0.4, -0.2) is 19.8 Å². The van der Waals surface area contributed by atoms with Gasteiger partial charge in [-0.15, -0.1) is 0 Å². The highest BCUT2D eigenvalue weighted by atomic mass is 31.2. The van der Waals surface area contributed by atoms with Crippen LogP contribution in [0.2, 0.25) is 0 Å². The van der Waals surface area contributed by atoms with Gasteiger partial charge in [0.25, 0.3) is 7.82 Å². The van der Waals surface area contributed by atoms with Crippen molar-refractivity contribution in [2.24, 2.45) is 0 Å². The standard InChI is InChI=1S/C5H14NO4P.C2H6.CH4/c1-2-4-9-11(7,8)10-5-3-6;1-2;/h2-6H2,1H3,(H,7,8);1-2H3;1H4. The predicted octanol–water partition coefficient (Wildman–Crippen LogP) is 0.802. The number of hydrogen-bond donors (Lipinski definition) is 1. The molecule has 14 heavy (non-hydrogen) atoms. The largest absolute Gasteiger partial charge is 0.756 e. The summed E-state index contributed by atoms with van der Waals surface area (Å²) in [6, 6.07) is 0. The van der Waals surface area contributed by atoms with Gasteiger partial charge in [0.1, 0.15) is 6.61 Å². The molecule has 0 saturated heterocycles. The molecule has 0 bridgehead atoms. The Morgan fingerprint density at radius 1 is 1.29 bits per heavy atom. The Labute approximate surface area is 87.2 Å². The summed E-state index contributed by atoms with van der Waals surface area (Å²) < 4.78 is 19.5. The topological polar surface area (TPSA) is 86.2 Å². The van der Waals surface area contributed by atoms with E-state index in [0.717, 1.165) is 0 Å². The lowest BCUT2D eigenvalue weighted by Crippen LogP contribution is -2.52. The van der Waals surface area contributed by atoms with Crippen LogP contribution in [0, 0.1) is 0 Å². The van der Waals surface area contributed by atoms with Crippen molar-refractivity contribution in [3.8, 4) is 0 Å². The number of phosphoric acid groups is 1. The normalized spacial score (nSPS) is 13.2. The zero-order chi connectivity index (χ0) is 10.7. The smallest absolute Gasteiger partial charge is 0.268 e. The van der Waals surface area contributed by atoms with Crippen molar-refractivity contribution in [1.82, 2.24) is 0 Å². The molecular weight excluding hydrogens is 205 g/mol. The molecular formula is C8H24NO4P. The second-order valence-electron chi connectivity index (χ2n) is 1.97. The van der Waals surface area contributed by atoms with Crippen molar-refractivity contribution in [3.63, 3.8) is 0 Å². The van der Waals surface area contributed by atoms with Gasteiger partial charge in [-0.25, -0.2) is 0 Å². The van der Waals surface area contributed by atoms with Gasteiger partial charge in [-0.2, -0.15) is 0 Å². The molecule has 0 aliphatic heterocycles. The minimum absolute atomic E-state index is 0. The van der Waals surface area contributed by atoms with Crippen LogP contribution in [0.5, 0.6) is 0 Å². The van der Waals surface area contributed by atoms with E-state index in [1.165, 1.54) is 0 Å². The lowest BCUT2D eigenvalue weighted by atomic mass is 10.5.